The first-order valence-electron chi connectivity index (χ1n) is 14.9. The van der Waals surface area contributed by atoms with E-state index in [1.165, 1.54) is 43.0 Å². The number of hydrogen-bond acceptors (Lipinski definition) is 2. The molecular formula is C40H36ClO2P2Ru+. The molecule has 1 aliphatic rings. The molecule has 0 aromatic heterocycles. The summed E-state index contributed by atoms with van der Waals surface area (Å²) in [5.74, 6) is 2.07. The van der Waals surface area contributed by atoms with Crippen molar-refractivity contribution in [3.8, 4) is 11.5 Å². The number of halogens is 1. The van der Waals surface area contributed by atoms with Gasteiger partial charge < -0.3 is 9.53 Å². The van der Waals surface area contributed by atoms with Gasteiger partial charge in [-0.25, -0.2) is 0 Å². The van der Waals surface area contributed by atoms with Gasteiger partial charge >= 0.3 is 27.0 Å². The predicted octanol–water partition coefficient (Wildman–Crippen LogP) is 7.24. The Bertz CT molecular complexity index is 1640. The summed E-state index contributed by atoms with van der Waals surface area (Å²) in [6.07, 6.45) is 0. The van der Waals surface area contributed by atoms with Gasteiger partial charge in [0.1, 0.15) is 47.7 Å². The van der Waals surface area contributed by atoms with Crippen LogP contribution in [-0.2, 0) is 27.5 Å². The first-order valence-corrected chi connectivity index (χ1v) is 20.3. The number of rotatable bonds is 6. The molecule has 6 aromatic carbocycles. The van der Waals surface area contributed by atoms with Gasteiger partial charge in [0.25, 0.3) is 0 Å². The molecule has 1 aliphatic heterocycles. The fourth-order valence-electron chi connectivity index (χ4n) is 6.29. The van der Waals surface area contributed by atoms with Gasteiger partial charge in [-0.15, -0.1) is 0 Å². The van der Waals surface area contributed by atoms with E-state index >= 15 is 0 Å². The Balaban J connectivity index is 0.00000100. The van der Waals surface area contributed by atoms with Crippen LogP contribution in [0.25, 0.3) is 0 Å². The summed E-state index contributed by atoms with van der Waals surface area (Å²) in [5.41, 5.74) is 2.30. The molecule has 0 N–H and O–H groups in total. The van der Waals surface area contributed by atoms with Crippen LogP contribution in [0.2, 0.25) is 0 Å². The van der Waals surface area contributed by atoms with Gasteiger partial charge in [0.2, 0.25) is 0 Å². The Morgan fingerprint density at radius 3 is 1.04 bits per heavy atom. The molecule has 1 heterocycles. The van der Waals surface area contributed by atoms with Crippen LogP contribution in [-0.4, -0.2) is 6.79 Å². The van der Waals surface area contributed by atoms with Crippen LogP contribution in [0.15, 0.2) is 158 Å². The molecular weight excluding hydrogens is 711 g/mol. The van der Waals surface area contributed by atoms with Gasteiger partial charge in [-0.2, -0.15) is 0 Å². The second-order valence-electron chi connectivity index (χ2n) is 11.3. The Labute approximate surface area is 289 Å². The SMILES string of the molecule is CC1(C)c2cccc([PH+](c3ccccc3)c3ccccc3)c2Oc2c([PH+](c3ccccc3)c3ccccc3)cccc21.[CH-]=O.[Cl][RuH]. The molecule has 232 valence electrons. The summed E-state index contributed by atoms with van der Waals surface area (Å²) in [7, 11) is 1.97. The van der Waals surface area contributed by atoms with Crippen LogP contribution in [0.3, 0.4) is 0 Å². The summed E-state index contributed by atoms with van der Waals surface area (Å²) in [6.45, 7) is 7.96. The number of hydrogen-bond donors (Lipinski definition) is 0. The van der Waals surface area contributed by atoms with E-state index in [2.05, 4.69) is 188 Å². The molecule has 0 amide bonds. The normalized spacial score (nSPS) is 12.4. The third-order valence-electron chi connectivity index (χ3n) is 8.37. The molecule has 0 saturated heterocycles. The van der Waals surface area contributed by atoms with Crippen molar-refractivity contribution in [2.24, 2.45) is 0 Å². The monoisotopic (exact) mass is 747 g/mol. The van der Waals surface area contributed by atoms with Crippen LogP contribution < -0.4 is 36.6 Å². The molecule has 0 unspecified atom stereocenters. The van der Waals surface area contributed by atoms with E-state index < -0.39 is 15.8 Å². The van der Waals surface area contributed by atoms with Crippen molar-refractivity contribution < 1.29 is 26.8 Å². The van der Waals surface area contributed by atoms with Crippen molar-refractivity contribution in [3.05, 3.63) is 169 Å². The van der Waals surface area contributed by atoms with Gasteiger partial charge in [-0.05, 0) is 60.7 Å². The quantitative estimate of drug-likeness (QED) is 0.0778. The third kappa shape index (κ3) is 6.81. The molecule has 46 heavy (non-hydrogen) atoms. The molecule has 7 rings (SSSR count). The Kier molecular flexibility index (Phi) is 11.7. The van der Waals surface area contributed by atoms with Crippen molar-refractivity contribution in [2.75, 3.05) is 0 Å². The molecule has 0 aliphatic carbocycles. The maximum absolute atomic E-state index is 7.75. The molecule has 0 fully saturated rings. The molecule has 0 saturated carbocycles. The van der Waals surface area contributed by atoms with E-state index in [0.717, 1.165) is 11.5 Å². The van der Waals surface area contributed by atoms with E-state index in [1.807, 2.05) is 0 Å². The van der Waals surface area contributed by atoms with Crippen LogP contribution in [0, 0.1) is 0 Å². The average Bonchev–Trinajstić information content (AvgIpc) is 3.13. The third-order valence-corrected chi connectivity index (χ3v) is 13.9. The number of para-hydroxylation sites is 2. The summed E-state index contributed by atoms with van der Waals surface area (Å²) in [4.78, 5) is 7.75. The van der Waals surface area contributed by atoms with Crippen LogP contribution in [0.1, 0.15) is 25.0 Å². The minimum absolute atomic E-state index is 0.213. The zero-order valence-electron chi connectivity index (χ0n) is 25.7. The second kappa shape index (κ2) is 15.9. The van der Waals surface area contributed by atoms with Crippen LogP contribution >= 0.6 is 25.5 Å². The summed E-state index contributed by atoms with van der Waals surface area (Å²) < 4.78 is 7.27. The van der Waals surface area contributed by atoms with Gasteiger partial charge in [-0.1, -0.05) is 111 Å². The summed E-state index contributed by atoms with van der Waals surface area (Å²) in [5, 5.41) is 8.05. The van der Waals surface area contributed by atoms with E-state index in [-0.39, 0.29) is 5.41 Å². The van der Waals surface area contributed by atoms with Crippen molar-refractivity contribution in [1.29, 1.82) is 0 Å². The average molecular weight is 747 g/mol. The van der Waals surface area contributed by atoms with Gasteiger partial charge in [-0.3, -0.25) is 6.79 Å². The summed E-state index contributed by atoms with van der Waals surface area (Å²) >= 11 is 1.62. The maximum atomic E-state index is 7.75. The number of fused-ring (bicyclic) bond motifs is 2. The van der Waals surface area contributed by atoms with Crippen molar-refractivity contribution in [2.45, 2.75) is 19.3 Å². The van der Waals surface area contributed by atoms with Gasteiger partial charge in [0.15, 0.2) is 11.5 Å². The number of benzene rings is 6. The molecule has 6 aromatic rings. The molecule has 0 radical (unpaired) electrons. The van der Waals surface area contributed by atoms with Crippen molar-refractivity contribution >= 4 is 64.2 Å². The molecule has 0 spiro atoms. The number of carbonyl (C=O) groups excluding carboxylic acids is 1. The first kappa shape index (κ1) is 33.9. The van der Waals surface area contributed by atoms with E-state index in [1.54, 1.807) is 17.3 Å². The zero-order chi connectivity index (χ0) is 32.5. The van der Waals surface area contributed by atoms with Crippen LogP contribution in [0.4, 0.5) is 0 Å². The van der Waals surface area contributed by atoms with Gasteiger partial charge in [0.05, 0.1) is 0 Å². The molecule has 2 nitrogen and oxygen atoms in total. The van der Waals surface area contributed by atoms with E-state index in [0.29, 0.717) is 0 Å². The Morgan fingerprint density at radius 2 is 0.761 bits per heavy atom. The standard InChI is InChI=1S/C39H32OP2.CHO.ClH.Ru.H/c1-39(2)33-25-15-27-35(41(29-17-7-3-8-18-29)30-19-9-4-10-20-30)37(33)40-38-34(39)26-16-28-36(38)42(31-21-11-5-12-22-31)32-23-13-6-14-24-32;1-2;;;/h3-28H,1-2H3;1H;1H;;/q;-1;;+1;/p+1. The summed E-state index contributed by atoms with van der Waals surface area (Å²) in [6, 6.07) is 57.5. The minimum atomic E-state index is -1.32. The molecule has 0 bridgehead atoms. The topological polar surface area (TPSA) is 26.3 Å². The fourth-order valence-corrected chi connectivity index (χ4v) is 11.7. The van der Waals surface area contributed by atoms with E-state index in [9.17, 15) is 0 Å². The van der Waals surface area contributed by atoms with E-state index in [4.69, 9.17) is 9.53 Å². The first-order chi connectivity index (χ1) is 22.6. The van der Waals surface area contributed by atoms with Crippen LogP contribution in [0.5, 0.6) is 11.5 Å². The number of ether oxygens (including phenoxy) is 1. The predicted molar refractivity (Wildman–Crippen MR) is 199 cm³/mol. The van der Waals surface area contributed by atoms with Crippen molar-refractivity contribution in [1.82, 2.24) is 0 Å². The molecule has 6 heteroatoms. The second-order valence-corrected chi connectivity index (χ2v) is 16.2. The zero-order valence-corrected chi connectivity index (χ0v) is 30.3. The van der Waals surface area contributed by atoms with Crippen molar-refractivity contribution in [3.63, 3.8) is 0 Å². The fraction of sp³-hybridized carbons (Fsp3) is 0.0750. The molecule has 0 atom stereocenters. The van der Waals surface area contributed by atoms with Gasteiger partial charge in [0, 0.05) is 16.5 Å². The Hall–Kier alpha value is -3.44. The Morgan fingerprint density at radius 1 is 0.478 bits per heavy atom.